The molecule has 3 heteroatoms. The Labute approximate surface area is 96.1 Å². The Balaban J connectivity index is 2.41. The van der Waals surface area contributed by atoms with E-state index in [0.29, 0.717) is 11.5 Å². The van der Waals surface area contributed by atoms with Gasteiger partial charge in [-0.15, -0.1) is 0 Å². The van der Waals surface area contributed by atoms with Crippen LogP contribution in [0.15, 0.2) is 6.20 Å². The summed E-state index contributed by atoms with van der Waals surface area (Å²) in [6.07, 6.45) is 7.97. The zero-order chi connectivity index (χ0) is 11.7. The van der Waals surface area contributed by atoms with Crippen LogP contribution in [-0.4, -0.2) is 15.6 Å². The highest BCUT2D eigenvalue weighted by molar-refractivity contribution is 5.91. The Hall–Kier alpha value is -1.25. The highest BCUT2D eigenvalue weighted by Crippen LogP contribution is 2.35. The topological polar surface area (TPSA) is 42.2 Å². The van der Waals surface area contributed by atoms with Crippen molar-refractivity contribution < 1.29 is 9.90 Å². The van der Waals surface area contributed by atoms with Gasteiger partial charge < -0.3 is 9.67 Å². The van der Waals surface area contributed by atoms with Crippen LogP contribution >= 0.6 is 0 Å². The Morgan fingerprint density at radius 1 is 1.38 bits per heavy atom. The van der Waals surface area contributed by atoms with E-state index >= 15 is 0 Å². The smallest absolute Gasteiger partial charge is 0.337 e. The Kier molecular flexibility index (Phi) is 3.03. The van der Waals surface area contributed by atoms with Gasteiger partial charge in [-0.3, -0.25) is 0 Å². The molecule has 16 heavy (non-hydrogen) atoms. The van der Waals surface area contributed by atoms with Crippen LogP contribution in [0.2, 0.25) is 0 Å². The lowest BCUT2D eigenvalue weighted by atomic mass is 9.85. The largest absolute Gasteiger partial charge is 0.478 e. The fraction of sp³-hybridized carbons (Fsp3) is 0.615. The third kappa shape index (κ3) is 1.86. The molecule has 1 aromatic rings. The minimum absolute atomic E-state index is 0.443. The van der Waals surface area contributed by atoms with Gasteiger partial charge in [0, 0.05) is 24.9 Å². The second kappa shape index (κ2) is 4.32. The fourth-order valence-corrected chi connectivity index (χ4v) is 2.95. The number of carboxylic acids is 1. The van der Waals surface area contributed by atoms with Gasteiger partial charge in [0.25, 0.3) is 0 Å². The van der Waals surface area contributed by atoms with Gasteiger partial charge in [0.1, 0.15) is 0 Å². The third-order valence-corrected chi connectivity index (χ3v) is 3.62. The standard InChI is InChI=1S/C13H19NO2/c1-9-8-14(2)12(11(9)13(15)16)10-6-4-3-5-7-10/h8,10H,3-7H2,1-2H3,(H,15,16). The normalized spacial score (nSPS) is 17.6. The molecule has 0 unspecified atom stereocenters. The van der Waals surface area contributed by atoms with Crippen LogP contribution in [0.4, 0.5) is 0 Å². The zero-order valence-corrected chi connectivity index (χ0v) is 9.99. The van der Waals surface area contributed by atoms with Crippen molar-refractivity contribution in [1.29, 1.82) is 0 Å². The first-order valence-corrected chi connectivity index (χ1v) is 6.00. The molecule has 88 valence electrons. The van der Waals surface area contributed by atoms with E-state index in [1.165, 1.54) is 19.3 Å². The van der Waals surface area contributed by atoms with E-state index in [0.717, 1.165) is 24.1 Å². The average molecular weight is 221 g/mol. The van der Waals surface area contributed by atoms with Crippen molar-refractivity contribution >= 4 is 5.97 Å². The predicted octanol–water partition coefficient (Wildman–Crippen LogP) is 3.08. The second-order valence-electron chi connectivity index (χ2n) is 4.82. The molecule has 1 fully saturated rings. The zero-order valence-electron chi connectivity index (χ0n) is 9.99. The maximum atomic E-state index is 11.3. The lowest BCUT2D eigenvalue weighted by Crippen LogP contribution is -2.13. The number of rotatable bonds is 2. The van der Waals surface area contributed by atoms with Crippen LogP contribution in [0.1, 0.15) is 59.6 Å². The molecule has 0 aromatic carbocycles. The first kappa shape index (κ1) is 11.2. The van der Waals surface area contributed by atoms with Crippen LogP contribution in [-0.2, 0) is 7.05 Å². The summed E-state index contributed by atoms with van der Waals surface area (Å²) >= 11 is 0. The SMILES string of the molecule is Cc1cn(C)c(C2CCCCC2)c1C(=O)O. The Morgan fingerprint density at radius 2 is 2.00 bits per heavy atom. The van der Waals surface area contributed by atoms with Crippen molar-refractivity contribution in [3.63, 3.8) is 0 Å². The summed E-state index contributed by atoms with van der Waals surface area (Å²) in [5, 5.41) is 9.28. The van der Waals surface area contributed by atoms with Gasteiger partial charge in [-0.1, -0.05) is 19.3 Å². The molecule has 1 saturated carbocycles. The van der Waals surface area contributed by atoms with Crippen molar-refractivity contribution in [3.8, 4) is 0 Å². The number of aromatic carboxylic acids is 1. The lowest BCUT2D eigenvalue weighted by Gasteiger charge is -2.23. The van der Waals surface area contributed by atoms with E-state index in [9.17, 15) is 9.90 Å². The van der Waals surface area contributed by atoms with Crippen LogP contribution in [0.25, 0.3) is 0 Å². The average Bonchev–Trinajstić information content (AvgIpc) is 2.55. The van der Waals surface area contributed by atoms with E-state index in [1.807, 2.05) is 24.7 Å². The quantitative estimate of drug-likeness (QED) is 0.833. The van der Waals surface area contributed by atoms with Crippen molar-refractivity contribution in [3.05, 3.63) is 23.0 Å². The second-order valence-corrected chi connectivity index (χ2v) is 4.82. The summed E-state index contributed by atoms with van der Waals surface area (Å²) in [5.74, 6) is -0.336. The number of carboxylic acid groups (broad SMARTS) is 1. The highest BCUT2D eigenvalue weighted by Gasteiger charge is 2.25. The summed E-state index contributed by atoms with van der Waals surface area (Å²) in [6.45, 7) is 1.88. The van der Waals surface area contributed by atoms with E-state index in [1.54, 1.807) is 0 Å². The van der Waals surface area contributed by atoms with Gasteiger partial charge in [-0.25, -0.2) is 4.79 Å². The van der Waals surface area contributed by atoms with Gasteiger partial charge in [0.15, 0.2) is 0 Å². The lowest BCUT2D eigenvalue weighted by molar-refractivity contribution is 0.0694. The van der Waals surface area contributed by atoms with Crippen LogP contribution in [0.3, 0.4) is 0 Å². The molecule has 1 N–H and O–H groups in total. The number of aryl methyl sites for hydroxylation is 2. The highest BCUT2D eigenvalue weighted by atomic mass is 16.4. The molecule has 0 saturated heterocycles. The first-order chi connectivity index (χ1) is 7.61. The number of nitrogens with zero attached hydrogens (tertiary/aromatic N) is 1. The molecule has 0 radical (unpaired) electrons. The van der Waals surface area contributed by atoms with Crippen molar-refractivity contribution in [1.82, 2.24) is 4.57 Å². The van der Waals surface area contributed by atoms with Gasteiger partial charge in [-0.2, -0.15) is 0 Å². The predicted molar refractivity (Wildman–Crippen MR) is 62.9 cm³/mol. The van der Waals surface area contributed by atoms with E-state index in [4.69, 9.17) is 0 Å². The van der Waals surface area contributed by atoms with Gasteiger partial charge in [0.05, 0.1) is 5.56 Å². The van der Waals surface area contributed by atoms with Gasteiger partial charge >= 0.3 is 5.97 Å². The number of hydrogen-bond acceptors (Lipinski definition) is 1. The summed E-state index contributed by atoms with van der Waals surface area (Å²) in [7, 11) is 1.96. The number of aromatic nitrogens is 1. The van der Waals surface area contributed by atoms with Crippen LogP contribution in [0.5, 0.6) is 0 Å². The van der Waals surface area contributed by atoms with E-state index in [-0.39, 0.29) is 0 Å². The molecule has 1 aromatic heterocycles. The maximum absolute atomic E-state index is 11.3. The molecule has 0 bridgehead atoms. The van der Waals surface area contributed by atoms with Gasteiger partial charge in [-0.05, 0) is 25.3 Å². The summed E-state index contributed by atoms with van der Waals surface area (Å²) < 4.78 is 2.01. The van der Waals surface area contributed by atoms with Crippen molar-refractivity contribution in [2.75, 3.05) is 0 Å². The fourth-order valence-electron chi connectivity index (χ4n) is 2.95. The van der Waals surface area contributed by atoms with Crippen molar-refractivity contribution in [2.45, 2.75) is 44.9 Å². The first-order valence-electron chi connectivity index (χ1n) is 6.00. The summed E-state index contributed by atoms with van der Waals surface area (Å²) in [6, 6.07) is 0. The molecule has 0 amide bonds. The summed E-state index contributed by atoms with van der Waals surface area (Å²) in [5.41, 5.74) is 2.45. The molecular formula is C13H19NO2. The van der Waals surface area contributed by atoms with Crippen molar-refractivity contribution in [2.24, 2.45) is 7.05 Å². The summed E-state index contributed by atoms with van der Waals surface area (Å²) in [4.78, 5) is 11.3. The molecule has 1 aliphatic rings. The Bertz CT molecular complexity index is 400. The molecule has 1 heterocycles. The molecule has 0 spiro atoms. The number of hydrogen-bond donors (Lipinski definition) is 1. The Morgan fingerprint density at radius 3 is 2.56 bits per heavy atom. The molecule has 2 rings (SSSR count). The maximum Gasteiger partial charge on any atom is 0.337 e. The third-order valence-electron chi connectivity index (χ3n) is 3.62. The minimum Gasteiger partial charge on any atom is -0.478 e. The molecule has 1 aliphatic carbocycles. The van der Waals surface area contributed by atoms with Crippen LogP contribution in [0, 0.1) is 6.92 Å². The minimum atomic E-state index is -0.779. The van der Waals surface area contributed by atoms with E-state index in [2.05, 4.69) is 0 Å². The molecule has 3 nitrogen and oxygen atoms in total. The molecular weight excluding hydrogens is 202 g/mol. The monoisotopic (exact) mass is 221 g/mol. The number of carbonyl (C=O) groups is 1. The molecule has 0 aliphatic heterocycles. The van der Waals surface area contributed by atoms with Gasteiger partial charge in [0.2, 0.25) is 0 Å². The van der Waals surface area contributed by atoms with Crippen LogP contribution < -0.4 is 0 Å². The van der Waals surface area contributed by atoms with E-state index < -0.39 is 5.97 Å². The molecule has 0 atom stereocenters.